The zero-order chi connectivity index (χ0) is 17.0. The summed E-state index contributed by atoms with van der Waals surface area (Å²) in [6.45, 7) is 3.18. The van der Waals surface area contributed by atoms with E-state index >= 15 is 0 Å². The van der Waals surface area contributed by atoms with Crippen molar-refractivity contribution >= 4 is 35.2 Å². The molecule has 0 aromatic heterocycles. The maximum atomic E-state index is 12.2. The van der Waals surface area contributed by atoms with E-state index in [0.29, 0.717) is 5.69 Å². The van der Waals surface area contributed by atoms with Gasteiger partial charge in [-0.1, -0.05) is 0 Å². The van der Waals surface area contributed by atoms with Crippen LogP contribution in [0.15, 0.2) is 29.2 Å². The van der Waals surface area contributed by atoms with Crippen molar-refractivity contribution in [2.24, 2.45) is 5.92 Å². The van der Waals surface area contributed by atoms with Crippen LogP contribution in [-0.4, -0.2) is 34.2 Å². The lowest BCUT2D eigenvalue weighted by Gasteiger charge is -2.17. The molecular weight excluding hydrogens is 316 g/mol. The van der Waals surface area contributed by atoms with E-state index in [0.717, 1.165) is 17.7 Å². The van der Waals surface area contributed by atoms with Gasteiger partial charge in [0.2, 0.25) is 11.8 Å². The van der Waals surface area contributed by atoms with E-state index in [1.807, 2.05) is 12.1 Å². The number of anilines is 1. The summed E-state index contributed by atoms with van der Waals surface area (Å²) in [5, 5.41) is 14.0. The first-order chi connectivity index (χ1) is 10.9. The Morgan fingerprint density at radius 1 is 1.22 bits per heavy atom. The lowest BCUT2D eigenvalue weighted by atomic mass is 10.2. The molecule has 1 aliphatic rings. The largest absolute Gasteiger partial charge is 0.480 e. The van der Waals surface area contributed by atoms with Crippen LogP contribution in [0.25, 0.3) is 0 Å². The highest BCUT2D eigenvalue weighted by Gasteiger charge is 2.37. The molecule has 0 heterocycles. The third kappa shape index (κ3) is 5.28. The van der Waals surface area contributed by atoms with Gasteiger partial charge in [-0.05, 0) is 49.9 Å². The second kappa shape index (κ2) is 7.50. The molecule has 3 N–H and O–H groups in total. The Hall–Kier alpha value is -2.02. The van der Waals surface area contributed by atoms with Crippen molar-refractivity contribution in [3.63, 3.8) is 0 Å². The summed E-state index contributed by atoms with van der Waals surface area (Å²) >= 11 is 1.35. The zero-order valence-electron chi connectivity index (χ0n) is 13.0. The van der Waals surface area contributed by atoms with Gasteiger partial charge in [0.05, 0.1) is 5.25 Å². The Bertz CT molecular complexity index is 599. The molecule has 2 amide bonds. The van der Waals surface area contributed by atoms with Crippen molar-refractivity contribution in [1.29, 1.82) is 0 Å². The maximum absolute atomic E-state index is 12.2. The van der Waals surface area contributed by atoms with Gasteiger partial charge in [0.1, 0.15) is 6.04 Å². The molecule has 0 radical (unpaired) electrons. The number of carboxylic acid groups (broad SMARTS) is 1. The summed E-state index contributed by atoms with van der Waals surface area (Å²) in [5.41, 5.74) is 0.693. The molecule has 124 valence electrons. The Morgan fingerprint density at radius 2 is 1.83 bits per heavy atom. The number of thioether (sulfide) groups is 1. The van der Waals surface area contributed by atoms with Gasteiger partial charge in [-0.2, -0.15) is 0 Å². The predicted octanol–water partition coefficient (Wildman–Crippen LogP) is 2.10. The number of carbonyl (C=O) groups excluding carboxylic acids is 2. The van der Waals surface area contributed by atoms with Crippen LogP contribution in [0.1, 0.15) is 26.7 Å². The molecule has 7 heteroatoms. The summed E-state index contributed by atoms with van der Waals surface area (Å²) in [6, 6.07) is 6.37. The number of aliphatic carboxylic acids is 1. The molecule has 2 atom stereocenters. The molecule has 0 saturated heterocycles. The first-order valence-electron chi connectivity index (χ1n) is 7.44. The molecule has 1 aromatic rings. The van der Waals surface area contributed by atoms with Crippen molar-refractivity contribution in [2.75, 3.05) is 5.32 Å². The van der Waals surface area contributed by atoms with Crippen LogP contribution < -0.4 is 10.6 Å². The molecule has 2 unspecified atom stereocenters. The zero-order valence-corrected chi connectivity index (χ0v) is 13.9. The molecule has 6 nitrogen and oxygen atoms in total. The molecule has 1 fully saturated rings. The van der Waals surface area contributed by atoms with Crippen LogP contribution in [0.3, 0.4) is 0 Å². The highest BCUT2D eigenvalue weighted by atomic mass is 32.2. The van der Waals surface area contributed by atoms with E-state index in [4.69, 9.17) is 5.11 Å². The van der Waals surface area contributed by atoms with Crippen molar-refractivity contribution in [3.05, 3.63) is 24.3 Å². The second-order valence-electron chi connectivity index (χ2n) is 5.63. The molecule has 2 rings (SSSR count). The number of rotatable bonds is 7. The maximum Gasteiger partial charge on any atom is 0.326 e. The summed E-state index contributed by atoms with van der Waals surface area (Å²) in [7, 11) is 0. The lowest BCUT2D eigenvalue weighted by Crippen LogP contribution is -2.45. The fraction of sp³-hybridized carbons (Fsp3) is 0.438. The Balaban J connectivity index is 1.89. The van der Waals surface area contributed by atoms with Crippen molar-refractivity contribution in [2.45, 2.75) is 42.9 Å². The van der Waals surface area contributed by atoms with Gasteiger partial charge in [0.15, 0.2) is 0 Å². The second-order valence-corrected chi connectivity index (χ2v) is 7.04. The summed E-state index contributed by atoms with van der Waals surface area (Å²) in [5.74, 6) is -1.33. The number of amides is 2. The average molecular weight is 336 g/mol. The van der Waals surface area contributed by atoms with E-state index < -0.39 is 17.3 Å². The summed E-state index contributed by atoms with van der Waals surface area (Å²) in [4.78, 5) is 35.2. The van der Waals surface area contributed by atoms with Crippen LogP contribution >= 0.6 is 11.8 Å². The van der Waals surface area contributed by atoms with E-state index in [-0.39, 0.29) is 17.7 Å². The smallest absolute Gasteiger partial charge is 0.326 e. The minimum Gasteiger partial charge on any atom is -0.480 e. The quantitative estimate of drug-likeness (QED) is 0.663. The Labute approximate surface area is 139 Å². The summed E-state index contributed by atoms with van der Waals surface area (Å²) in [6.07, 6.45) is 1.70. The predicted molar refractivity (Wildman–Crippen MR) is 88.4 cm³/mol. The van der Waals surface area contributed by atoms with E-state index in [9.17, 15) is 14.4 Å². The van der Waals surface area contributed by atoms with Gasteiger partial charge in [0, 0.05) is 17.5 Å². The average Bonchev–Trinajstić information content (AvgIpc) is 3.30. The Morgan fingerprint density at radius 3 is 2.30 bits per heavy atom. The Kier molecular flexibility index (Phi) is 5.65. The first-order valence-corrected chi connectivity index (χ1v) is 8.32. The van der Waals surface area contributed by atoms with Crippen LogP contribution in [0.4, 0.5) is 5.69 Å². The van der Waals surface area contributed by atoms with Crippen molar-refractivity contribution in [1.82, 2.24) is 5.32 Å². The van der Waals surface area contributed by atoms with Crippen molar-refractivity contribution in [3.8, 4) is 0 Å². The monoisotopic (exact) mass is 336 g/mol. The van der Waals surface area contributed by atoms with Crippen LogP contribution in [0.5, 0.6) is 0 Å². The van der Waals surface area contributed by atoms with Gasteiger partial charge in [-0.3, -0.25) is 9.59 Å². The van der Waals surface area contributed by atoms with Crippen molar-refractivity contribution < 1.29 is 19.5 Å². The molecule has 0 aliphatic heterocycles. The molecule has 1 aromatic carbocycles. The van der Waals surface area contributed by atoms with Gasteiger partial charge in [-0.25, -0.2) is 4.79 Å². The number of carbonyl (C=O) groups is 3. The normalized spacial score (nSPS) is 16.3. The fourth-order valence-electron chi connectivity index (χ4n) is 2.16. The molecule has 1 saturated carbocycles. The highest BCUT2D eigenvalue weighted by molar-refractivity contribution is 8.00. The molecule has 1 aliphatic carbocycles. The summed E-state index contributed by atoms with van der Waals surface area (Å²) < 4.78 is 0. The number of benzene rings is 1. The minimum atomic E-state index is -0.974. The SMILES string of the molecule is CC(=O)Nc1ccc(SC(C)C(=O)NC(C(=O)O)C2CC2)cc1. The molecule has 0 spiro atoms. The van der Waals surface area contributed by atoms with E-state index in [1.165, 1.54) is 18.7 Å². The number of nitrogens with one attached hydrogen (secondary N) is 2. The third-order valence-electron chi connectivity index (χ3n) is 3.51. The van der Waals surface area contributed by atoms with E-state index in [1.54, 1.807) is 19.1 Å². The number of hydrogen-bond acceptors (Lipinski definition) is 4. The van der Waals surface area contributed by atoms with E-state index in [2.05, 4.69) is 10.6 Å². The third-order valence-corrected chi connectivity index (χ3v) is 4.63. The van der Waals surface area contributed by atoms with Crippen LogP contribution in [0.2, 0.25) is 0 Å². The first kappa shape index (κ1) is 17.3. The van der Waals surface area contributed by atoms with Crippen LogP contribution in [0, 0.1) is 5.92 Å². The van der Waals surface area contributed by atoms with Gasteiger partial charge < -0.3 is 15.7 Å². The fourth-order valence-corrected chi connectivity index (χ4v) is 3.04. The molecule has 0 bridgehead atoms. The van der Waals surface area contributed by atoms with Gasteiger partial charge in [0.25, 0.3) is 0 Å². The topological polar surface area (TPSA) is 95.5 Å². The van der Waals surface area contributed by atoms with Gasteiger partial charge in [-0.15, -0.1) is 11.8 Å². The molecule has 23 heavy (non-hydrogen) atoms. The van der Waals surface area contributed by atoms with Crippen LogP contribution in [-0.2, 0) is 14.4 Å². The number of carboxylic acids is 1. The number of hydrogen-bond donors (Lipinski definition) is 3. The molecular formula is C16H20N2O4S. The lowest BCUT2D eigenvalue weighted by molar-refractivity contribution is -0.142. The highest BCUT2D eigenvalue weighted by Crippen LogP contribution is 2.33. The van der Waals surface area contributed by atoms with Gasteiger partial charge >= 0.3 is 5.97 Å². The minimum absolute atomic E-state index is 0.0607. The standard InChI is InChI=1S/C16H20N2O4S/c1-9(15(20)18-14(16(21)22)11-3-4-11)23-13-7-5-12(6-8-13)17-10(2)19/h5-9,11,14H,3-4H2,1-2H3,(H,17,19)(H,18,20)(H,21,22).